The van der Waals surface area contributed by atoms with Crippen molar-refractivity contribution in [2.24, 2.45) is 35.7 Å². The Morgan fingerprint density at radius 3 is 1.62 bits per heavy atom. The molecular formula is C44H62ClN7O16. The highest BCUT2D eigenvalue weighted by Crippen LogP contribution is 2.33. The predicted molar refractivity (Wildman–Crippen MR) is 253 cm³/mol. The van der Waals surface area contributed by atoms with Crippen LogP contribution >= 0.6 is 11.6 Å². The van der Waals surface area contributed by atoms with Gasteiger partial charge in [0.25, 0.3) is 17.4 Å². The van der Waals surface area contributed by atoms with Crippen LogP contribution in [0.3, 0.4) is 0 Å². The number of carbonyl (C=O) groups is 7. The van der Waals surface area contributed by atoms with Crippen LogP contribution in [0.2, 0.25) is 5.02 Å². The first-order valence-electron chi connectivity index (χ1n) is 20.4. The van der Waals surface area contributed by atoms with Gasteiger partial charge in [0.2, 0.25) is 0 Å². The summed E-state index contributed by atoms with van der Waals surface area (Å²) in [5.74, 6) is -6.73. The van der Waals surface area contributed by atoms with Gasteiger partial charge in [0.15, 0.2) is 0 Å². The molecule has 0 aliphatic heterocycles. The first kappa shape index (κ1) is 62.9. The van der Waals surface area contributed by atoms with E-state index >= 15 is 0 Å². The van der Waals surface area contributed by atoms with Crippen molar-refractivity contribution >= 4 is 69.9 Å². The molecule has 376 valence electrons. The summed E-state index contributed by atoms with van der Waals surface area (Å²) in [5.41, 5.74) is 26.6. The van der Waals surface area contributed by atoms with Crippen LogP contribution in [0.4, 0.5) is 5.69 Å². The first-order chi connectivity index (χ1) is 31.7. The summed E-state index contributed by atoms with van der Waals surface area (Å²) in [6.07, 6.45) is 2.21. The number of aliphatic carboxylic acids is 6. The van der Waals surface area contributed by atoms with Crippen LogP contribution in [-0.4, -0.2) is 124 Å². The Balaban J connectivity index is 0. The minimum absolute atomic E-state index is 0.0231. The van der Waals surface area contributed by atoms with Gasteiger partial charge in [-0.2, -0.15) is 0 Å². The van der Waals surface area contributed by atoms with E-state index in [4.69, 9.17) is 80.8 Å². The number of hydrogen-bond acceptors (Lipinski definition) is 15. The number of unbranched alkanes of at least 4 members (excludes halogenated alkanes) is 1. The molecule has 0 radical (unpaired) electrons. The number of rotatable bonds is 16. The van der Waals surface area contributed by atoms with E-state index in [0.717, 1.165) is 25.3 Å². The quantitative estimate of drug-likeness (QED) is 0.0716. The second-order valence-electron chi connectivity index (χ2n) is 14.2. The first-order valence-corrected chi connectivity index (χ1v) is 20.7. The zero-order valence-corrected chi connectivity index (χ0v) is 38.7. The maximum Gasteiger partial charge on any atom is 0.320 e. The Labute approximate surface area is 395 Å². The van der Waals surface area contributed by atoms with Gasteiger partial charge in [-0.1, -0.05) is 54.4 Å². The van der Waals surface area contributed by atoms with E-state index in [-0.39, 0.29) is 41.3 Å². The standard InChI is InChI=1S/C19H17ClN2O3.C9H11NO3.C6H14N2O2.C5H9NO4.C3H7NO2.C2H4O2/c1-3-22(12-8-5-4-6-9-12)19(25)16-17(23)15-13(20)10-7-11-14(15)21(2)18(16)24;10-8(9(12)13)5-6-1-3-7(11)4-2-6;7-4-2-1-3-5(8)6(9)10;6-3(5(9)10)1-2-4(7)8;1-2(4)3(5)6;1-2(3)4/h4-11,23H,3H2,1-2H3;1-4,8,11H,5,10H2,(H,12,13);5H,1-4,7-8H2,(H,9,10);3H,1-2,6H2,(H,7,8)(H,9,10);2H,4H2,1H3,(H,5,6);1H3,(H,3,4)/t;8-;5-;3-;2-;/m.0000./s1. The smallest absolute Gasteiger partial charge is 0.320 e. The lowest BCUT2D eigenvalue weighted by Gasteiger charge is -2.22. The number of aromatic nitrogens is 1. The van der Waals surface area contributed by atoms with Gasteiger partial charge in [0, 0.05) is 32.6 Å². The number of aryl methyl sites for hydroxylation is 1. The van der Waals surface area contributed by atoms with Gasteiger partial charge in [0.1, 0.15) is 41.2 Å². The molecule has 24 heteroatoms. The van der Waals surface area contributed by atoms with E-state index in [0.29, 0.717) is 36.1 Å². The Bertz CT molecular complexity index is 2290. The number of fused-ring (bicyclic) bond motifs is 1. The molecule has 0 fully saturated rings. The Kier molecular flexibility index (Phi) is 30.9. The van der Waals surface area contributed by atoms with Crippen molar-refractivity contribution in [2.45, 2.75) is 83.5 Å². The Morgan fingerprint density at radius 2 is 1.19 bits per heavy atom. The van der Waals surface area contributed by atoms with Gasteiger partial charge in [0.05, 0.1) is 15.9 Å². The molecule has 23 nitrogen and oxygen atoms in total. The summed E-state index contributed by atoms with van der Waals surface area (Å²) in [5, 5.41) is 68.6. The molecule has 4 atom stereocenters. The highest BCUT2D eigenvalue weighted by atomic mass is 35.5. The molecule has 0 bridgehead atoms. The predicted octanol–water partition coefficient (Wildman–Crippen LogP) is 2.21. The summed E-state index contributed by atoms with van der Waals surface area (Å²) in [7, 11) is 1.55. The van der Waals surface area contributed by atoms with Crippen LogP contribution < -0.4 is 39.1 Å². The van der Waals surface area contributed by atoms with E-state index in [2.05, 4.69) is 0 Å². The minimum Gasteiger partial charge on any atom is -0.508 e. The Hall–Kier alpha value is -7.15. The van der Waals surface area contributed by atoms with E-state index in [1.807, 2.05) is 6.07 Å². The number of amides is 1. The molecule has 0 saturated heterocycles. The number of para-hydroxylation sites is 1. The number of halogens is 1. The maximum atomic E-state index is 13.0. The SMILES string of the molecule is CC(=O)O.CCN(C(=O)c1c(O)c2c(Cl)cccc2n(C)c1=O)c1ccccc1.C[C@H](N)C(=O)O.NCCCC[C@H](N)C(=O)O.N[C@@H](CCC(=O)O)C(=O)O.N[C@@H](Cc1ccc(O)cc1)C(=O)O. The molecule has 68 heavy (non-hydrogen) atoms. The number of aromatic hydroxyl groups is 2. The van der Waals surface area contributed by atoms with E-state index in [1.165, 1.54) is 28.5 Å². The van der Waals surface area contributed by atoms with Crippen LogP contribution in [0, 0.1) is 0 Å². The van der Waals surface area contributed by atoms with Gasteiger partial charge in [-0.3, -0.25) is 38.4 Å². The molecule has 0 aliphatic carbocycles. The number of carbonyl (C=O) groups excluding carboxylic acids is 1. The molecule has 1 heterocycles. The molecule has 4 rings (SSSR count). The number of pyridine rings is 1. The average Bonchev–Trinajstić information content (AvgIpc) is 3.26. The van der Waals surface area contributed by atoms with Crippen LogP contribution in [-0.2, 0) is 42.2 Å². The summed E-state index contributed by atoms with van der Waals surface area (Å²) in [6.45, 7) is 5.27. The number of phenols is 1. The van der Waals surface area contributed by atoms with Crippen molar-refractivity contribution in [3.8, 4) is 11.5 Å². The van der Waals surface area contributed by atoms with Crippen molar-refractivity contribution in [3.63, 3.8) is 0 Å². The minimum atomic E-state index is -1.17. The van der Waals surface area contributed by atoms with Gasteiger partial charge in [-0.25, -0.2) is 0 Å². The zero-order chi connectivity index (χ0) is 52.8. The number of phenolic OH excluding ortho intramolecular Hbond substituents is 1. The Morgan fingerprint density at radius 1 is 0.706 bits per heavy atom. The molecular weight excluding hydrogens is 918 g/mol. The largest absolute Gasteiger partial charge is 0.508 e. The van der Waals surface area contributed by atoms with Gasteiger partial charge < -0.3 is 79.0 Å². The second-order valence-corrected chi connectivity index (χ2v) is 14.6. The average molecular weight is 980 g/mol. The number of carboxylic acids is 6. The van der Waals surface area contributed by atoms with Crippen molar-refractivity contribution in [1.29, 1.82) is 0 Å². The fourth-order valence-corrected chi connectivity index (χ4v) is 5.18. The summed E-state index contributed by atoms with van der Waals surface area (Å²) in [4.78, 5) is 86.2. The second kappa shape index (κ2) is 33.3. The molecule has 1 aromatic heterocycles. The van der Waals surface area contributed by atoms with Gasteiger partial charge in [-0.15, -0.1) is 0 Å². The van der Waals surface area contributed by atoms with E-state index in [9.17, 15) is 38.7 Å². The number of carboxylic acid groups (broad SMARTS) is 6. The summed E-state index contributed by atoms with van der Waals surface area (Å²) in [6, 6.07) is 16.9. The van der Waals surface area contributed by atoms with Crippen LogP contribution in [0.25, 0.3) is 10.9 Å². The van der Waals surface area contributed by atoms with Crippen LogP contribution in [0.1, 0.15) is 68.8 Å². The van der Waals surface area contributed by atoms with Crippen molar-refractivity contribution in [3.05, 3.63) is 99.3 Å². The maximum absolute atomic E-state index is 13.0. The lowest BCUT2D eigenvalue weighted by Crippen LogP contribution is -2.36. The number of nitrogens with two attached hydrogens (primary N) is 5. The molecule has 18 N–H and O–H groups in total. The summed E-state index contributed by atoms with van der Waals surface area (Å²) >= 11 is 6.19. The summed E-state index contributed by atoms with van der Waals surface area (Å²) < 4.78 is 1.33. The third-order valence-corrected chi connectivity index (χ3v) is 8.87. The highest BCUT2D eigenvalue weighted by Gasteiger charge is 2.27. The molecule has 0 saturated carbocycles. The van der Waals surface area contributed by atoms with Crippen molar-refractivity contribution in [1.82, 2.24) is 4.57 Å². The van der Waals surface area contributed by atoms with Gasteiger partial charge >= 0.3 is 29.8 Å². The lowest BCUT2D eigenvalue weighted by atomic mass is 10.1. The number of nitrogens with zero attached hydrogens (tertiary/aromatic N) is 2. The highest BCUT2D eigenvalue weighted by molar-refractivity contribution is 6.36. The third kappa shape index (κ3) is 24.9. The van der Waals surface area contributed by atoms with Crippen LogP contribution in [0.15, 0.2) is 77.6 Å². The molecule has 4 aromatic rings. The fourth-order valence-electron chi connectivity index (χ4n) is 4.92. The number of anilines is 1. The normalized spacial score (nSPS) is 11.7. The number of hydrogen-bond donors (Lipinski definition) is 13. The van der Waals surface area contributed by atoms with E-state index < -0.39 is 71.4 Å². The zero-order valence-electron chi connectivity index (χ0n) is 37.9. The van der Waals surface area contributed by atoms with Crippen LogP contribution in [0.5, 0.6) is 11.5 Å². The van der Waals surface area contributed by atoms with Gasteiger partial charge in [-0.05, 0) is 88.0 Å². The number of benzene rings is 3. The lowest BCUT2D eigenvalue weighted by molar-refractivity contribution is -0.141. The third-order valence-electron chi connectivity index (χ3n) is 8.56. The molecule has 0 aliphatic rings. The van der Waals surface area contributed by atoms with Crippen molar-refractivity contribution < 1.29 is 74.4 Å². The molecule has 3 aromatic carbocycles. The van der Waals surface area contributed by atoms with E-state index in [1.54, 1.807) is 68.6 Å². The fraction of sp³-hybridized carbons (Fsp3) is 0.364. The molecule has 0 unspecified atom stereocenters. The monoisotopic (exact) mass is 979 g/mol. The topological polar surface area (TPSA) is 437 Å². The van der Waals surface area contributed by atoms with Crippen molar-refractivity contribution in [2.75, 3.05) is 18.0 Å². The molecule has 0 spiro atoms. The molecule has 1 amide bonds.